The van der Waals surface area contributed by atoms with Gasteiger partial charge in [-0.25, -0.2) is 0 Å². The van der Waals surface area contributed by atoms with Gasteiger partial charge in [-0.1, -0.05) is 28.1 Å². The highest BCUT2D eigenvalue weighted by Gasteiger charge is 2.08. The maximum Gasteiger partial charge on any atom is 0.142 e. The van der Waals surface area contributed by atoms with Crippen LogP contribution in [0.5, 0.6) is 5.75 Å². The van der Waals surface area contributed by atoms with Crippen LogP contribution in [0.4, 0.5) is 5.69 Å². The van der Waals surface area contributed by atoms with Gasteiger partial charge in [0.05, 0.1) is 16.8 Å². The molecule has 0 aliphatic heterocycles. The smallest absolute Gasteiger partial charge is 0.142 e. The van der Waals surface area contributed by atoms with E-state index in [1.54, 1.807) is 0 Å². The summed E-state index contributed by atoms with van der Waals surface area (Å²) in [4.78, 5) is 4.62. The number of aryl methyl sites for hydroxylation is 1. The van der Waals surface area contributed by atoms with Gasteiger partial charge in [0.25, 0.3) is 0 Å². The molecule has 2 rings (SSSR count). The summed E-state index contributed by atoms with van der Waals surface area (Å²) in [6.45, 7) is 6.77. The van der Waals surface area contributed by atoms with E-state index in [-0.39, 0.29) is 0 Å². The summed E-state index contributed by atoms with van der Waals surface area (Å²) in [5.41, 5.74) is 4.36. The molecule has 0 atom stereocenters. The molecule has 0 saturated heterocycles. The fourth-order valence-electron chi connectivity index (χ4n) is 1.99. The van der Waals surface area contributed by atoms with Crippen LogP contribution in [0, 0.1) is 13.8 Å². The van der Waals surface area contributed by atoms with Crippen molar-refractivity contribution < 1.29 is 4.74 Å². The summed E-state index contributed by atoms with van der Waals surface area (Å²) >= 11 is 7.04. The lowest BCUT2D eigenvalue weighted by atomic mass is 10.1. The molecule has 0 unspecified atom stereocenters. The van der Waals surface area contributed by atoms with Crippen molar-refractivity contribution in [3.05, 3.63) is 56.0 Å². The summed E-state index contributed by atoms with van der Waals surface area (Å²) in [5.74, 6) is 0.815. The Labute approximate surface area is 142 Å². The number of ether oxygens (including phenoxy) is 1. The van der Waals surface area contributed by atoms with E-state index in [9.17, 15) is 0 Å². The normalized spacial score (nSPS) is 11.1. The average molecular weight is 411 g/mol. The van der Waals surface area contributed by atoms with E-state index in [1.165, 1.54) is 11.1 Å². The maximum absolute atomic E-state index is 5.71. The standard InChI is InChI=1S/C17H17Br2NO/c1-4-21-17-13(8-14(18)9-15(17)19)10-20-16-7-5-6-11(2)12(16)3/h5-10H,4H2,1-3H3. The second-order valence-corrected chi connectivity index (χ2v) is 6.49. The minimum atomic E-state index is 0.616. The Morgan fingerprint density at radius 2 is 1.95 bits per heavy atom. The van der Waals surface area contributed by atoms with Crippen molar-refractivity contribution in [1.82, 2.24) is 0 Å². The second-order valence-electron chi connectivity index (χ2n) is 4.72. The van der Waals surface area contributed by atoms with Crippen LogP contribution in [0.1, 0.15) is 23.6 Å². The lowest BCUT2D eigenvalue weighted by Gasteiger charge is -2.10. The van der Waals surface area contributed by atoms with Crippen molar-refractivity contribution in [2.45, 2.75) is 20.8 Å². The molecule has 0 fully saturated rings. The first-order valence-corrected chi connectivity index (χ1v) is 8.33. The third kappa shape index (κ3) is 3.95. The number of nitrogens with zero attached hydrogens (tertiary/aromatic N) is 1. The number of hydrogen-bond donors (Lipinski definition) is 0. The van der Waals surface area contributed by atoms with E-state index in [2.05, 4.69) is 56.8 Å². The molecule has 2 aromatic rings. The lowest BCUT2D eigenvalue weighted by molar-refractivity contribution is 0.337. The molecule has 2 nitrogen and oxygen atoms in total. The molecule has 21 heavy (non-hydrogen) atoms. The Balaban J connectivity index is 2.42. The van der Waals surface area contributed by atoms with Crippen LogP contribution in [0.3, 0.4) is 0 Å². The molecule has 0 radical (unpaired) electrons. The van der Waals surface area contributed by atoms with Crippen molar-refractivity contribution in [2.24, 2.45) is 4.99 Å². The van der Waals surface area contributed by atoms with Crippen molar-refractivity contribution in [3.8, 4) is 5.75 Å². The molecule has 0 heterocycles. The molecule has 0 spiro atoms. The third-order valence-electron chi connectivity index (χ3n) is 3.24. The number of hydrogen-bond acceptors (Lipinski definition) is 2. The number of aliphatic imine (C=N–C) groups is 1. The molecule has 0 saturated carbocycles. The number of halogens is 2. The van der Waals surface area contributed by atoms with E-state index in [0.717, 1.165) is 25.9 Å². The number of benzene rings is 2. The van der Waals surface area contributed by atoms with Crippen molar-refractivity contribution in [2.75, 3.05) is 6.61 Å². The average Bonchev–Trinajstić information content (AvgIpc) is 2.44. The highest BCUT2D eigenvalue weighted by Crippen LogP contribution is 2.32. The van der Waals surface area contributed by atoms with Gasteiger partial charge in [-0.2, -0.15) is 0 Å². The fourth-order valence-corrected chi connectivity index (χ4v) is 3.36. The molecular formula is C17H17Br2NO. The fraction of sp³-hybridized carbons (Fsp3) is 0.235. The quantitative estimate of drug-likeness (QED) is 0.568. The van der Waals surface area contributed by atoms with Crippen LogP contribution in [0.2, 0.25) is 0 Å². The Morgan fingerprint density at radius 3 is 2.67 bits per heavy atom. The molecular weight excluding hydrogens is 394 g/mol. The third-order valence-corrected chi connectivity index (χ3v) is 4.29. The first-order chi connectivity index (χ1) is 10.0. The van der Waals surface area contributed by atoms with E-state index < -0.39 is 0 Å². The van der Waals surface area contributed by atoms with Crippen molar-refractivity contribution >= 4 is 43.8 Å². The molecule has 2 aromatic carbocycles. The molecule has 0 aromatic heterocycles. The summed E-state index contributed by atoms with van der Waals surface area (Å²) in [6.07, 6.45) is 1.85. The van der Waals surface area contributed by atoms with Gasteiger partial charge in [0.15, 0.2) is 0 Å². The maximum atomic E-state index is 5.71. The topological polar surface area (TPSA) is 21.6 Å². The monoisotopic (exact) mass is 409 g/mol. The minimum absolute atomic E-state index is 0.616. The van der Waals surface area contributed by atoms with Crippen LogP contribution >= 0.6 is 31.9 Å². The van der Waals surface area contributed by atoms with E-state index in [1.807, 2.05) is 37.4 Å². The largest absolute Gasteiger partial charge is 0.492 e. The second kappa shape index (κ2) is 7.23. The van der Waals surface area contributed by atoms with Gasteiger partial charge in [0.2, 0.25) is 0 Å². The van der Waals surface area contributed by atoms with E-state index >= 15 is 0 Å². The number of rotatable bonds is 4. The lowest BCUT2D eigenvalue weighted by Crippen LogP contribution is -1.97. The first-order valence-electron chi connectivity index (χ1n) is 6.75. The molecule has 0 N–H and O–H groups in total. The molecule has 0 aliphatic carbocycles. The Hall–Kier alpha value is -1.13. The van der Waals surface area contributed by atoms with Crippen LogP contribution in [0.15, 0.2) is 44.3 Å². The highest BCUT2D eigenvalue weighted by molar-refractivity contribution is 9.11. The van der Waals surface area contributed by atoms with Crippen LogP contribution in [0.25, 0.3) is 0 Å². The van der Waals surface area contributed by atoms with Gasteiger partial charge in [-0.05, 0) is 66.0 Å². The Morgan fingerprint density at radius 1 is 1.19 bits per heavy atom. The summed E-state index contributed by atoms with van der Waals surface area (Å²) < 4.78 is 7.61. The SMILES string of the molecule is CCOc1c(Br)cc(Br)cc1C=Nc1cccc(C)c1C. The van der Waals surface area contributed by atoms with Gasteiger partial charge < -0.3 is 4.74 Å². The zero-order valence-corrected chi connectivity index (χ0v) is 15.5. The molecule has 4 heteroatoms. The predicted molar refractivity (Wildman–Crippen MR) is 96.2 cm³/mol. The van der Waals surface area contributed by atoms with Crippen LogP contribution in [-0.2, 0) is 0 Å². The molecule has 0 amide bonds. The first kappa shape index (κ1) is 16.2. The van der Waals surface area contributed by atoms with Gasteiger partial charge in [0.1, 0.15) is 5.75 Å². The van der Waals surface area contributed by atoms with Crippen molar-refractivity contribution in [3.63, 3.8) is 0 Å². The van der Waals surface area contributed by atoms with Gasteiger partial charge in [-0.3, -0.25) is 4.99 Å². The molecule has 0 bridgehead atoms. The minimum Gasteiger partial charge on any atom is -0.492 e. The van der Waals surface area contributed by atoms with Gasteiger partial charge in [0, 0.05) is 16.3 Å². The van der Waals surface area contributed by atoms with E-state index in [4.69, 9.17) is 4.74 Å². The molecule has 0 aliphatic rings. The van der Waals surface area contributed by atoms with Gasteiger partial charge in [-0.15, -0.1) is 0 Å². The van der Waals surface area contributed by atoms with Gasteiger partial charge >= 0.3 is 0 Å². The summed E-state index contributed by atoms with van der Waals surface area (Å²) in [5, 5.41) is 0. The Bertz CT molecular complexity index is 681. The highest BCUT2D eigenvalue weighted by atomic mass is 79.9. The van der Waals surface area contributed by atoms with Crippen LogP contribution in [-0.4, -0.2) is 12.8 Å². The predicted octanol–water partition coefficient (Wildman–Crippen LogP) is 5.98. The molecule has 110 valence electrons. The van der Waals surface area contributed by atoms with Crippen molar-refractivity contribution in [1.29, 1.82) is 0 Å². The summed E-state index contributed by atoms with van der Waals surface area (Å²) in [6, 6.07) is 10.1. The Kier molecular flexibility index (Phi) is 5.59. The zero-order valence-electron chi connectivity index (χ0n) is 12.3. The summed E-state index contributed by atoms with van der Waals surface area (Å²) in [7, 11) is 0. The van der Waals surface area contributed by atoms with E-state index in [0.29, 0.717) is 6.61 Å². The zero-order chi connectivity index (χ0) is 15.4. The van der Waals surface area contributed by atoms with Crippen LogP contribution < -0.4 is 4.74 Å².